The van der Waals surface area contributed by atoms with Gasteiger partial charge in [0.2, 0.25) is 18.2 Å². The number of hydrogen-bond acceptors (Lipinski definition) is 6. The van der Waals surface area contributed by atoms with Crippen LogP contribution in [0.2, 0.25) is 0 Å². The van der Waals surface area contributed by atoms with Gasteiger partial charge in [0, 0.05) is 0 Å². The van der Waals surface area contributed by atoms with Crippen LogP contribution < -0.4 is 0 Å². The zero-order valence-electron chi connectivity index (χ0n) is 6.22. The highest BCUT2D eigenvalue weighted by Crippen LogP contribution is 1.14. The topological polar surface area (TPSA) is 123 Å². The van der Waals surface area contributed by atoms with E-state index in [0.29, 0.717) is 0 Å². The molecule has 0 fully saturated rings. The Balaban J connectivity index is -0.0000000179. The molecule has 0 unspecified atom stereocenters. The molecule has 0 aromatic rings. The van der Waals surface area contributed by atoms with Gasteiger partial charge >= 0.3 is 0 Å². The fourth-order valence-electron chi connectivity index (χ4n) is 0. The second-order valence-electron chi connectivity index (χ2n) is 0.306. The van der Waals surface area contributed by atoms with E-state index < -0.39 is 0 Å². The van der Waals surface area contributed by atoms with E-state index in [0.717, 1.165) is 18.2 Å². The van der Waals surface area contributed by atoms with E-state index in [1.165, 1.54) is 0 Å². The predicted octanol–water partition coefficient (Wildman–Crippen LogP) is -0.722. The largest absolute Gasteiger partial charge is 0.231 e. The van der Waals surface area contributed by atoms with Crippen molar-refractivity contribution in [1.82, 2.24) is 0 Å². The molecule has 0 aromatic heterocycles. The second-order valence-corrected chi connectivity index (χ2v) is 0.306. The highest BCUT2D eigenvalue weighted by atomic mass is 28.1. The molecule has 0 saturated carbocycles. The number of rotatable bonds is 0. The number of isocyanates is 3. The molecule has 0 aliphatic rings. The number of nitrogens with one attached hydrogen (secondary N) is 3. The van der Waals surface area contributed by atoms with Crippen LogP contribution in [0.4, 0.5) is 0 Å². The summed E-state index contributed by atoms with van der Waals surface area (Å²) in [6, 6.07) is 0. The molecule has 70 valence electrons. The van der Waals surface area contributed by atoms with Crippen molar-refractivity contribution in [3.8, 4) is 0 Å². The summed E-state index contributed by atoms with van der Waals surface area (Å²) in [6.07, 6.45) is 2.25. The van der Waals surface area contributed by atoms with Crippen LogP contribution >= 0.6 is 0 Å². The molecule has 0 saturated heterocycles. The van der Waals surface area contributed by atoms with E-state index in [4.69, 9.17) is 30.6 Å². The summed E-state index contributed by atoms with van der Waals surface area (Å²) < 4.78 is 0. The van der Waals surface area contributed by atoms with E-state index in [-0.39, 0.29) is 11.0 Å². The fraction of sp³-hybridized carbons (Fsp3) is 0.400. The summed E-state index contributed by atoms with van der Waals surface area (Å²) in [7, 11) is 0. The zero-order valence-corrected chi connectivity index (χ0v) is 6.22. The molecule has 0 bridgehead atoms. The van der Waals surface area contributed by atoms with Crippen molar-refractivity contribution in [3.05, 3.63) is 0 Å². The van der Waals surface area contributed by atoms with Crippen LogP contribution in [0.1, 0.15) is 13.8 Å². The molecule has 6 nitrogen and oxygen atoms in total. The lowest BCUT2D eigenvalue weighted by molar-refractivity contribution is 0.562. The van der Waals surface area contributed by atoms with Crippen molar-refractivity contribution in [2.45, 2.75) is 13.8 Å². The first-order valence-corrected chi connectivity index (χ1v) is 2.36. The Morgan fingerprint density at radius 2 is 0.750 bits per heavy atom. The van der Waals surface area contributed by atoms with Gasteiger partial charge in [-0.15, -0.1) is 0 Å². The summed E-state index contributed by atoms with van der Waals surface area (Å²) in [5.41, 5.74) is 0. The van der Waals surface area contributed by atoms with Gasteiger partial charge in [0.25, 0.3) is 0 Å². The molecule has 0 atom stereocenters. The maximum atomic E-state index is 8.35. The van der Waals surface area contributed by atoms with E-state index in [1.54, 1.807) is 0 Å². The average Bonchev–Trinajstić information content (AvgIpc) is 1.96. The fourth-order valence-corrected chi connectivity index (χ4v) is 0. The van der Waals surface area contributed by atoms with Crippen LogP contribution in [0.5, 0.6) is 0 Å². The van der Waals surface area contributed by atoms with Crippen molar-refractivity contribution in [2.75, 3.05) is 0 Å². The molecule has 0 spiro atoms. The molecule has 0 aliphatic heterocycles. The van der Waals surface area contributed by atoms with Crippen LogP contribution in [-0.4, -0.2) is 29.2 Å². The summed E-state index contributed by atoms with van der Waals surface area (Å²) >= 11 is 0. The molecule has 0 radical (unpaired) electrons. The maximum absolute atomic E-state index is 8.35. The molecule has 0 rings (SSSR count). The highest BCUT2D eigenvalue weighted by Gasteiger charge is 1.04. The van der Waals surface area contributed by atoms with Crippen molar-refractivity contribution >= 4 is 29.2 Å². The van der Waals surface area contributed by atoms with Gasteiger partial charge in [0.05, 0.1) is 0 Å². The average molecular weight is 191 g/mol. The minimum absolute atomic E-state index is 0. The van der Waals surface area contributed by atoms with Crippen LogP contribution in [0, 0.1) is 16.2 Å². The lowest BCUT2D eigenvalue weighted by atomic mass is 11.0. The van der Waals surface area contributed by atoms with Gasteiger partial charge in [0.15, 0.2) is 0 Å². The van der Waals surface area contributed by atoms with Gasteiger partial charge in [-0.3, -0.25) is 0 Å². The summed E-state index contributed by atoms with van der Waals surface area (Å²) in [5, 5.41) is 16.2. The van der Waals surface area contributed by atoms with Gasteiger partial charge in [-0.2, -0.15) is 0 Å². The van der Waals surface area contributed by atoms with Gasteiger partial charge in [-0.05, 0) is 11.0 Å². The minimum Gasteiger partial charge on any atom is -0.222 e. The Morgan fingerprint density at radius 1 is 0.750 bits per heavy atom. The molecule has 7 heteroatoms. The van der Waals surface area contributed by atoms with Crippen LogP contribution in [0.15, 0.2) is 0 Å². The molecular formula is C5H13N3O3Si. The minimum atomic E-state index is 0. The Morgan fingerprint density at radius 3 is 0.750 bits per heavy atom. The van der Waals surface area contributed by atoms with Gasteiger partial charge in [-0.25, -0.2) is 30.6 Å². The smallest absolute Gasteiger partial charge is 0.222 e. The van der Waals surface area contributed by atoms with Crippen molar-refractivity contribution in [3.63, 3.8) is 0 Å². The van der Waals surface area contributed by atoms with E-state index >= 15 is 0 Å². The van der Waals surface area contributed by atoms with Crippen LogP contribution in [-0.2, 0) is 14.4 Å². The monoisotopic (exact) mass is 191 g/mol. The number of carbonyl (C=O) groups excluding carboxylic acids is 3. The maximum Gasteiger partial charge on any atom is 0.231 e. The lowest BCUT2D eigenvalue weighted by Gasteiger charge is -1.07. The van der Waals surface area contributed by atoms with Crippen molar-refractivity contribution in [1.29, 1.82) is 16.2 Å². The Bertz CT molecular complexity index is 113. The third-order valence-corrected chi connectivity index (χ3v) is 0. The summed E-state index contributed by atoms with van der Waals surface area (Å²) in [5.74, 6) is 0. The normalized spacial score (nSPS) is 2.50. The van der Waals surface area contributed by atoms with E-state index in [1.807, 2.05) is 13.8 Å². The molecule has 0 amide bonds. The standard InChI is InChI=1S/C2H6.3CHNO.H4Si/c1-2;3*2-1-3;/h1-2H3;3*2H;1H4. The van der Waals surface area contributed by atoms with Gasteiger partial charge in [-0.1, -0.05) is 13.8 Å². The first-order valence-electron chi connectivity index (χ1n) is 2.36. The molecule has 0 aliphatic carbocycles. The second kappa shape index (κ2) is 355. The van der Waals surface area contributed by atoms with E-state index in [9.17, 15) is 0 Å². The SMILES string of the molecule is CC.N=C=O.N=C=O.N=C=O.[SiH4]. The molecule has 3 N–H and O–H groups in total. The summed E-state index contributed by atoms with van der Waals surface area (Å²) in [4.78, 5) is 25.0. The van der Waals surface area contributed by atoms with Gasteiger partial charge in [0.1, 0.15) is 0 Å². The predicted molar refractivity (Wildman–Crippen MR) is 47.9 cm³/mol. The highest BCUT2D eigenvalue weighted by molar-refractivity contribution is 5.75. The Labute approximate surface area is 74.5 Å². The Hall–Kier alpha value is -1.64. The first-order chi connectivity index (χ1) is 5.24. The van der Waals surface area contributed by atoms with Crippen LogP contribution in [0.3, 0.4) is 0 Å². The van der Waals surface area contributed by atoms with Crippen LogP contribution in [0.25, 0.3) is 0 Å². The third-order valence-electron chi connectivity index (χ3n) is 0. The van der Waals surface area contributed by atoms with Crippen molar-refractivity contribution < 1.29 is 14.4 Å². The first kappa shape index (κ1) is 31.6. The van der Waals surface area contributed by atoms with E-state index in [2.05, 4.69) is 0 Å². The molecular weight excluding hydrogens is 178 g/mol. The lowest BCUT2D eigenvalue weighted by Crippen LogP contribution is -1.16. The summed E-state index contributed by atoms with van der Waals surface area (Å²) in [6.45, 7) is 4.00. The molecule has 12 heavy (non-hydrogen) atoms. The molecule has 0 aromatic carbocycles. The van der Waals surface area contributed by atoms with Crippen molar-refractivity contribution in [2.24, 2.45) is 0 Å². The molecule has 0 heterocycles. The quantitative estimate of drug-likeness (QED) is 0.266. The zero-order chi connectivity index (χ0) is 10.1. The third kappa shape index (κ3) is 168. The van der Waals surface area contributed by atoms with Gasteiger partial charge < -0.3 is 0 Å². The number of hydrogen-bond donors (Lipinski definition) is 3. The Kier molecular flexibility index (Phi) is 935.